The molecule has 1 rings (SSSR count). The lowest BCUT2D eigenvalue weighted by atomic mass is 9.97. The molecule has 1 aromatic carbocycles. The molecular formula is C10H13NO5. The van der Waals surface area contributed by atoms with Crippen molar-refractivity contribution >= 4 is 5.69 Å². The highest BCUT2D eigenvalue weighted by Gasteiger charge is 2.21. The molecule has 0 aliphatic carbocycles. The Morgan fingerprint density at radius 1 is 1.31 bits per heavy atom. The maximum Gasteiger partial charge on any atom is 0.269 e. The summed E-state index contributed by atoms with van der Waals surface area (Å²) in [6.45, 7) is -0.777. The average molecular weight is 227 g/mol. The quantitative estimate of drug-likeness (QED) is 0.493. The first kappa shape index (κ1) is 12.6. The Morgan fingerprint density at radius 2 is 1.94 bits per heavy atom. The van der Waals surface area contributed by atoms with Gasteiger partial charge in [0.25, 0.3) is 5.69 Å². The number of rotatable bonds is 5. The summed E-state index contributed by atoms with van der Waals surface area (Å²) in [4.78, 5) is 9.94. The topological polar surface area (TPSA) is 104 Å². The van der Waals surface area contributed by atoms with E-state index in [0.29, 0.717) is 5.56 Å². The van der Waals surface area contributed by atoms with Crippen molar-refractivity contribution in [2.75, 3.05) is 13.2 Å². The number of nitro groups is 1. The van der Waals surface area contributed by atoms with Crippen LogP contribution in [0.1, 0.15) is 11.7 Å². The van der Waals surface area contributed by atoms with Gasteiger partial charge in [0.2, 0.25) is 0 Å². The third-order valence-corrected chi connectivity index (χ3v) is 2.34. The molecule has 0 radical (unpaired) electrons. The summed E-state index contributed by atoms with van der Waals surface area (Å²) in [7, 11) is 0. The Kier molecular flexibility index (Phi) is 4.36. The van der Waals surface area contributed by atoms with Gasteiger partial charge in [-0.05, 0) is 5.56 Å². The van der Waals surface area contributed by atoms with Crippen molar-refractivity contribution in [3.63, 3.8) is 0 Å². The molecule has 0 amide bonds. The van der Waals surface area contributed by atoms with Gasteiger partial charge in [0.15, 0.2) is 0 Å². The second kappa shape index (κ2) is 5.55. The SMILES string of the molecule is O=[N+]([O-])c1cccc(C(O)C(CO)CO)c1. The minimum Gasteiger partial charge on any atom is -0.396 e. The Morgan fingerprint density at radius 3 is 2.44 bits per heavy atom. The molecule has 0 fully saturated rings. The molecule has 0 spiro atoms. The summed E-state index contributed by atoms with van der Waals surface area (Å²) in [5.41, 5.74) is 0.175. The average Bonchev–Trinajstić information content (AvgIpc) is 2.30. The molecule has 1 aromatic rings. The van der Waals surface area contributed by atoms with Crippen LogP contribution >= 0.6 is 0 Å². The number of aliphatic hydroxyl groups excluding tert-OH is 3. The van der Waals surface area contributed by atoms with Crippen molar-refractivity contribution in [1.29, 1.82) is 0 Å². The Bertz CT molecular complexity index is 364. The minimum absolute atomic E-state index is 0.133. The zero-order chi connectivity index (χ0) is 12.1. The Hall–Kier alpha value is -1.50. The van der Waals surface area contributed by atoms with Gasteiger partial charge in [0.1, 0.15) is 0 Å². The van der Waals surface area contributed by atoms with Crippen molar-refractivity contribution in [2.45, 2.75) is 6.10 Å². The van der Waals surface area contributed by atoms with Crippen molar-refractivity contribution in [2.24, 2.45) is 5.92 Å². The van der Waals surface area contributed by atoms with Crippen LogP contribution in [0.15, 0.2) is 24.3 Å². The standard InChI is InChI=1S/C10H13NO5/c12-5-8(6-13)10(14)7-2-1-3-9(4-7)11(15)16/h1-4,8,10,12-14H,5-6H2. The van der Waals surface area contributed by atoms with Crippen LogP contribution in [0, 0.1) is 16.0 Å². The van der Waals surface area contributed by atoms with E-state index in [2.05, 4.69) is 0 Å². The summed E-state index contributed by atoms with van der Waals surface area (Å²) in [6, 6.07) is 5.49. The lowest BCUT2D eigenvalue weighted by Crippen LogP contribution is -2.20. The first-order valence-corrected chi connectivity index (χ1v) is 4.74. The van der Waals surface area contributed by atoms with Crippen molar-refractivity contribution in [1.82, 2.24) is 0 Å². The molecule has 0 aliphatic heterocycles. The van der Waals surface area contributed by atoms with Crippen LogP contribution in [0.4, 0.5) is 5.69 Å². The summed E-state index contributed by atoms with van der Waals surface area (Å²) in [5, 5.41) is 38.0. The molecule has 1 atom stereocenters. The van der Waals surface area contributed by atoms with Crippen molar-refractivity contribution in [3.8, 4) is 0 Å². The summed E-state index contributed by atoms with van der Waals surface area (Å²) in [5.74, 6) is -0.734. The van der Waals surface area contributed by atoms with Crippen LogP contribution in [0.2, 0.25) is 0 Å². The predicted octanol–water partition coefficient (Wildman–Crippen LogP) is 0.229. The fourth-order valence-corrected chi connectivity index (χ4v) is 1.35. The predicted molar refractivity (Wildman–Crippen MR) is 55.7 cm³/mol. The zero-order valence-corrected chi connectivity index (χ0v) is 8.48. The zero-order valence-electron chi connectivity index (χ0n) is 8.48. The largest absolute Gasteiger partial charge is 0.396 e. The fourth-order valence-electron chi connectivity index (χ4n) is 1.35. The fraction of sp³-hybridized carbons (Fsp3) is 0.400. The molecule has 3 N–H and O–H groups in total. The molecular weight excluding hydrogens is 214 g/mol. The van der Waals surface area contributed by atoms with Gasteiger partial charge in [-0.15, -0.1) is 0 Å². The van der Waals surface area contributed by atoms with E-state index in [1.807, 2.05) is 0 Å². The van der Waals surface area contributed by atoms with Crippen LogP contribution in [0.3, 0.4) is 0 Å². The number of nitro benzene ring substituents is 1. The van der Waals surface area contributed by atoms with E-state index in [1.165, 1.54) is 24.3 Å². The van der Waals surface area contributed by atoms with Gasteiger partial charge in [-0.1, -0.05) is 12.1 Å². The highest BCUT2D eigenvalue weighted by atomic mass is 16.6. The van der Waals surface area contributed by atoms with Gasteiger partial charge >= 0.3 is 0 Å². The molecule has 88 valence electrons. The van der Waals surface area contributed by atoms with E-state index in [4.69, 9.17) is 10.2 Å². The minimum atomic E-state index is -1.12. The summed E-state index contributed by atoms with van der Waals surface area (Å²) >= 11 is 0. The molecule has 0 saturated carbocycles. The van der Waals surface area contributed by atoms with Crippen LogP contribution in [0.25, 0.3) is 0 Å². The highest BCUT2D eigenvalue weighted by Crippen LogP contribution is 2.24. The normalized spacial score (nSPS) is 12.8. The summed E-state index contributed by atoms with van der Waals surface area (Å²) < 4.78 is 0. The number of hydrogen-bond acceptors (Lipinski definition) is 5. The van der Waals surface area contributed by atoms with Gasteiger partial charge in [-0.2, -0.15) is 0 Å². The van der Waals surface area contributed by atoms with Gasteiger partial charge in [-0.3, -0.25) is 10.1 Å². The number of hydrogen-bond donors (Lipinski definition) is 3. The Balaban J connectivity index is 2.94. The molecule has 0 aromatic heterocycles. The van der Waals surface area contributed by atoms with Crippen LogP contribution in [-0.4, -0.2) is 33.5 Å². The maximum absolute atomic E-state index is 10.5. The van der Waals surface area contributed by atoms with Crippen LogP contribution < -0.4 is 0 Å². The molecule has 0 heterocycles. The van der Waals surface area contributed by atoms with E-state index in [1.54, 1.807) is 0 Å². The number of aliphatic hydroxyl groups is 3. The monoisotopic (exact) mass is 227 g/mol. The van der Waals surface area contributed by atoms with Crippen molar-refractivity contribution in [3.05, 3.63) is 39.9 Å². The van der Waals surface area contributed by atoms with E-state index in [9.17, 15) is 15.2 Å². The number of nitrogens with zero attached hydrogens (tertiary/aromatic N) is 1. The van der Waals surface area contributed by atoms with Gasteiger partial charge in [0, 0.05) is 18.1 Å². The molecule has 0 bridgehead atoms. The lowest BCUT2D eigenvalue weighted by molar-refractivity contribution is -0.385. The van der Waals surface area contributed by atoms with Crippen LogP contribution in [-0.2, 0) is 0 Å². The van der Waals surface area contributed by atoms with Gasteiger partial charge in [0.05, 0.1) is 24.2 Å². The molecule has 0 saturated heterocycles. The lowest BCUT2D eigenvalue weighted by Gasteiger charge is -2.18. The molecule has 6 heteroatoms. The van der Waals surface area contributed by atoms with Crippen LogP contribution in [0.5, 0.6) is 0 Å². The van der Waals surface area contributed by atoms with Gasteiger partial charge in [-0.25, -0.2) is 0 Å². The van der Waals surface area contributed by atoms with Crippen molar-refractivity contribution < 1.29 is 20.2 Å². The molecule has 16 heavy (non-hydrogen) atoms. The second-order valence-corrected chi connectivity index (χ2v) is 3.42. The van der Waals surface area contributed by atoms with E-state index in [-0.39, 0.29) is 18.9 Å². The highest BCUT2D eigenvalue weighted by molar-refractivity contribution is 5.35. The maximum atomic E-state index is 10.5. The first-order valence-electron chi connectivity index (χ1n) is 4.74. The van der Waals surface area contributed by atoms with E-state index in [0.717, 1.165) is 0 Å². The Labute approximate surface area is 91.9 Å². The summed E-state index contributed by atoms with van der Waals surface area (Å²) in [6.07, 6.45) is -1.12. The van der Waals surface area contributed by atoms with E-state index < -0.39 is 16.9 Å². The molecule has 0 aliphatic rings. The molecule has 1 unspecified atom stereocenters. The third-order valence-electron chi connectivity index (χ3n) is 2.34. The van der Waals surface area contributed by atoms with Gasteiger partial charge < -0.3 is 15.3 Å². The third kappa shape index (κ3) is 2.75. The number of benzene rings is 1. The van der Waals surface area contributed by atoms with E-state index >= 15 is 0 Å². The second-order valence-electron chi connectivity index (χ2n) is 3.42. The molecule has 6 nitrogen and oxygen atoms in total. The number of non-ortho nitro benzene ring substituents is 1. The smallest absolute Gasteiger partial charge is 0.269 e. The first-order chi connectivity index (χ1) is 7.60.